The van der Waals surface area contributed by atoms with Gasteiger partial charge in [0, 0.05) is 49.1 Å². The number of allylic oxidation sites excluding steroid dienone is 1. The first kappa shape index (κ1) is 33.9. The highest BCUT2D eigenvalue weighted by Crippen LogP contribution is 2.46. The van der Waals surface area contributed by atoms with Crippen molar-refractivity contribution in [2.45, 2.75) is 12.8 Å². The van der Waals surface area contributed by atoms with Gasteiger partial charge in [-0.15, -0.1) is 0 Å². The molecule has 0 atom stereocenters. The molecule has 0 aliphatic heterocycles. The minimum absolute atomic E-state index is 0.642. The van der Waals surface area contributed by atoms with Gasteiger partial charge >= 0.3 is 0 Å². The monoisotopic (exact) mass is 780 g/mol. The van der Waals surface area contributed by atoms with E-state index in [0.29, 0.717) is 5.95 Å². The lowest BCUT2D eigenvalue weighted by Crippen LogP contribution is -2.09. The van der Waals surface area contributed by atoms with Gasteiger partial charge in [-0.3, -0.25) is 4.57 Å². The molecule has 0 unspecified atom stereocenters. The zero-order chi connectivity index (χ0) is 40.0. The highest BCUT2D eigenvalue weighted by Gasteiger charge is 2.26. The van der Waals surface area contributed by atoms with E-state index in [2.05, 4.69) is 197 Å². The summed E-state index contributed by atoms with van der Waals surface area (Å²) in [6, 6.07) is 65.0. The van der Waals surface area contributed by atoms with Gasteiger partial charge in [0.2, 0.25) is 5.95 Å². The third-order valence-corrected chi connectivity index (χ3v) is 12.6. The van der Waals surface area contributed by atoms with Crippen molar-refractivity contribution in [1.29, 1.82) is 0 Å². The van der Waals surface area contributed by atoms with Crippen LogP contribution in [0.3, 0.4) is 0 Å². The maximum Gasteiger partial charge on any atom is 0.235 e. The highest BCUT2D eigenvalue weighted by atomic mass is 16.3. The van der Waals surface area contributed by atoms with Crippen molar-refractivity contribution < 1.29 is 4.42 Å². The summed E-state index contributed by atoms with van der Waals surface area (Å²) >= 11 is 0. The maximum absolute atomic E-state index is 6.89. The molecule has 286 valence electrons. The molecule has 0 saturated carbocycles. The van der Waals surface area contributed by atoms with Gasteiger partial charge < -0.3 is 8.98 Å². The first-order chi connectivity index (χ1) is 30.3. The fourth-order valence-electron chi connectivity index (χ4n) is 9.82. The molecule has 0 spiro atoms. The van der Waals surface area contributed by atoms with Crippen LogP contribution in [0.25, 0.3) is 117 Å². The number of fused-ring (bicyclic) bond motifs is 11. The zero-order valence-electron chi connectivity index (χ0n) is 33.1. The molecular weight excluding hydrogens is 745 g/mol. The van der Waals surface area contributed by atoms with Crippen molar-refractivity contribution in [3.8, 4) is 45.1 Å². The predicted molar refractivity (Wildman–Crippen MR) is 252 cm³/mol. The average Bonchev–Trinajstić information content (AvgIpc) is 4.00. The molecule has 0 bridgehead atoms. The molecule has 0 saturated heterocycles. The molecule has 8 aromatic carbocycles. The number of para-hydroxylation sites is 4. The Bertz CT molecular complexity index is 3680. The van der Waals surface area contributed by atoms with Crippen molar-refractivity contribution in [3.63, 3.8) is 0 Å². The summed E-state index contributed by atoms with van der Waals surface area (Å²) in [4.78, 5) is 10.9. The van der Waals surface area contributed by atoms with Crippen LogP contribution in [-0.4, -0.2) is 19.1 Å². The summed E-state index contributed by atoms with van der Waals surface area (Å²) in [6.45, 7) is 0. The second-order valence-electron chi connectivity index (χ2n) is 16.0. The van der Waals surface area contributed by atoms with E-state index in [1.54, 1.807) is 0 Å². The minimum atomic E-state index is 0.642. The molecular formula is C56H36N4O. The molecule has 0 N–H and O–H groups in total. The van der Waals surface area contributed by atoms with Crippen LogP contribution in [0.15, 0.2) is 192 Å². The summed E-state index contributed by atoms with van der Waals surface area (Å²) in [5, 5.41) is 6.88. The van der Waals surface area contributed by atoms with Crippen LogP contribution in [0.2, 0.25) is 0 Å². The Morgan fingerprint density at radius 2 is 1.07 bits per heavy atom. The molecule has 0 amide bonds. The van der Waals surface area contributed by atoms with Crippen LogP contribution in [0, 0.1) is 0 Å². The Balaban J connectivity index is 1.06. The Morgan fingerprint density at radius 3 is 1.80 bits per heavy atom. The first-order valence-corrected chi connectivity index (χ1v) is 21.0. The van der Waals surface area contributed by atoms with Gasteiger partial charge in [0.15, 0.2) is 5.58 Å². The largest absolute Gasteiger partial charge is 0.454 e. The second-order valence-corrected chi connectivity index (χ2v) is 16.0. The number of furan rings is 1. The number of aryl methyl sites for hydroxylation is 1. The summed E-state index contributed by atoms with van der Waals surface area (Å²) in [5.41, 5.74) is 15.9. The molecule has 0 radical (unpaired) electrons. The molecule has 12 aromatic rings. The summed E-state index contributed by atoms with van der Waals surface area (Å²) in [6.07, 6.45) is 6.22. The Morgan fingerprint density at radius 1 is 0.475 bits per heavy atom. The number of aromatic nitrogens is 4. The lowest BCUT2D eigenvalue weighted by atomic mass is 9.96. The zero-order valence-corrected chi connectivity index (χ0v) is 33.1. The van der Waals surface area contributed by atoms with Gasteiger partial charge in [0.1, 0.15) is 11.1 Å². The van der Waals surface area contributed by atoms with Crippen LogP contribution in [0.5, 0.6) is 0 Å². The standard InChI is InChI=1S/C56H36N4O/c1-2-14-35(15-3-1)36-26-28-38(29-27-36)53-43-19-4-9-21-47(43)57-56(58-53)60-50-24-12-7-20-44(50)52-45(34-46-42-18-8-13-25-51(42)61-55(46)54(52)60)37-30-32-39(33-31-37)59-48-22-10-5-16-40(48)41-17-6-11-23-49(41)59/h1-8,10-20,22-34H,9,21H2. The molecule has 1 aliphatic rings. The summed E-state index contributed by atoms with van der Waals surface area (Å²) < 4.78 is 11.5. The third kappa shape index (κ3) is 5.14. The van der Waals surface area contributed by atoms with Gasteiger partial charge in [0.25, 0.3) is 0 Å². The molecule has 13 rings (SSSR count). The molecule has 4 heterocycles. The molecule has 0 fully saturated rings. The smallest absolute Gasteiger partial charge is 0.235 e. The van der Waals surface area contributed by atoms with Gasteiger partial charge in [-0.25, -0.2) is 9.97 Å². The fourth-order valence-corrected chi connectivity index (χ4v) is 9.82. The van der Waals surface area contributed by atoms with E-state index in [0.717, 1.165) is 95.9 Å². The lowest BCUT2D eigenvalue weighted by molar-refractivity contribution is 0.670. The predicted octanol–water partition coefficient (Wildman–Crippen LogP) is 14.5. The average molecular weight is 781 g/mol. The van der Waals surface area contributed by atoms with Crippen LogP contribution < -0.4 is 0 Å². The number of benzene rings is 8. The van der Waals surface area contributed by atoms with Crippen molar-refractivity contribution in [2.75, 3.05) is 0 Å². The van der Waals surface area contributed by atoms with Gasteiger partial charge in [-0.1, -0.05) is 152 Å². The van der Waals surface area contributed by atoms with E-state index in [1.165, 1.54) is 32.9 Å². The van der Waals surface area contributed by atoms with E-state index in [1.807, 2.05) is 6.07 Å². The second kappa shape index (κ2) is 13.2. The number of rotatable bonds is 5. The van der Waals surface area contributed by atoms with Gasteiger partial charge in [-0.05, 0) is 77.6 Å². The van der Waals surface area contributed by atoms with E-state index < -0.39 is 0 Å². The lowest BCUT2D eigenvalue weighted by Gasteiger charge is -2.17. The molecule has 4 aromatic heterocycles. The topological polar surface area (TPSA) is 48.8 Å². The Hall–Kier alpha value is -8.02. The van der Waals surface area contributed by atoms with Crippen molar-refractivity contribution in [3.05, 3.63) is 199 Å². The highest BCUT2D eigenvalue weighted by molar-refractivity contribution is 6.26. The van der Waals surface area contributed by atoms with Gasteiger partial charge in [-0.2, -0.15) is 0 Å². The fraction of sp³-hybridized carbons (Fsp3) is 0.0357. The van der Waals surface area contributed by atoms with Crippen molar-refractivity contribution in [1.82, 2.24) is 19.1 Å². The van der Waals surface area contributed by atoms with E-state index in [4.69, 9.17) is 14.4 Å². The molecule has 1 aliphatic carbocycles. The van der Waals surface area contributed by atoms with Crippen molar-refractivity contribution in [2.24, 2.45) is 0 Å². The normalized spacial score (nSPS) is 12.7. The molecule has 5 heteroatoms. The SMILES string of the molecule is C1=Cc2c(nc(-n3c4ccccc4c4c(-c5ccc(-n6c7ccccc7c7ccccc76)cc5)cc5c6ccccc6oc5c43)nc2-c2ccc(-c3ccccc3)cc2)CC1. The first-order valence-electron chi connectivity index (χ1n) is 21.0. The van der Waals surface area contributed by atoms with E-state index >= 15 is 0 Å². The minimum Gasteiger partial charge on any atom is -0.454 e. The van der Waals surface area contributed by atoms with E-state index in [-0.39, 0.29) is 0 Å². The van der Waals surface area contributed by atoms with Crippen LogP contribution in [-0.2, 0) is 6.42 Å². The van der Waals surface area contributed by atoms with Crippen LogP contribution in [0.1, 0.15) is 17.7 Å². The van der Waals surface area contributed by atoms with Gasteiger partial charge in [0.05, 0.1) is 27.9 Å². The summed E-state index contributed by atoms with van der Waals surface area (Å²) in [5.74, 6) is 0.642. The Labute approximate surface area is 351 Å². The molecule has 5 nitrogen and oxygen atoms in total. The third-order valence-electron chi connectivity index (χ3n) is 12.6. The number of hydrogen-bond acceptors (Lipinski definition) is 3. The maximum atomic E-state index is 6.89. The molecule has 61 heavy (non-hydrogen) atoms. The summed E-state index contributed by atoms with van der Waals surface area (Å²) in [7, 11) is 0. The van der Waals surface area contributed by atoms with Crippen LogP contribution >= 0.6 is 0 Å². The Kier molecular flexibility index (Phi) is 7.36. The quantitative estimate of drug-likeness (QED) is 0.175. The van der Waals surface area contributed by atoms with Crippen LogP contribution in [0.4, 0.5) is 0 Å². The van der Waals surface area contributed by atoms with E-state index in [9.17, 15) is 0 Å². The number of nitrogens with zero attached hydrogens (tertiary/aromatic N) is 4. The number of hydrogen-bond donors (Lipinski definition) is 0. The van der Waals surface area contributed by atoms with Crippen molar-refractivity contribution >= 4 is 71.6 Å².